The number of fused-ring (bicyclic) bond motifs is 2. The van der Waals surface area contributed by atoms with Crippen LogP contribution >= 0.6 is 0 Å². The fourth-order valence-corrected chi connectivity index (χ4v) is 3.97. The summed E-state index contributed by atoms with van der Waals surface area (Å²) in [6, 6.07) is 11.5. The van der Waals surface area contributed by atoms with Crippen molar-refractivity contribution in [1.82, 2.24) is 24.6 Å². The minimum Gasteiger partial charge on any atom is -0.486 e. The van der Waals surface area contributed by atoms with Crippen LogP contribution < -0.4 is 9.47 Å². The molecule has 1 amide bonds. The van der Waals surface area contributed by atoms with Gasteiger partial charge in [0.25, 0.3) is 5.91 Å². The number of pyridine rings is 2. The summed E-state index contributed by atoms with van der Waals surface area (Å²) >= 11 is 0. The Labute approximate surface area is 191 Å². The van der Waals surface area contributed by atoms with Gasteiger partial charge in [-0.25, -0.2) is 9.67 Å². The summed E-state index contributed by atoms with van der Waals surface area (Å²) in [5.74, 6) is 1.29. The van der Waals surface area contributed by atoms with Gasteiger partial charge in [0.2, 0.25) is 0 Å². The minimum atomic E-state index is -0.103. The molecule has 0 saturated carbocycles. The molecule has 0 N–H and O–H groups in total. The van der Waals surface area contributed by atoms with Crippen LogP contribution in [0, 0.1) is 0 Å². The predicted octanol–water partition coefficient (Wildman–Crippen LogP) is 4.12. The molecule has 0 saturated heterocycles. The summed E-state index contributed by atoms with van der Waals surface area (Å²) in [6.07, 6.45) is 5.21. The van der Waals surface area contributed by atoms with Gasteiger partial charge < -0.3 is 14.4 Å². The van der Waals surface area contributed by atoms with E-state index in [1.807, 2.05) is 54.9 Å². The lowest BCUT2D eigenvalue weighted by Gasteiger charge is -2.20. The van der Waals surface area contributed by atoms with E-state index in [1.54, 1.807) is 30.5 Å². The number of hydrogen-bond donors (Lipinski definition) is 0. The van der Waals surface area contributed by atoms with Gasteiger partial charge in [0, 0.05) is 37.6 Å². The Balaban J connectivity index is 1.60. The largest absolute Gasteiger partial charge is 0.486 e. The highest BCUT2D eigenvalue weighted by atomic mass is 16.6. The second-order valence-electron chi connectivity index (χ2n) is 8.36. The van der Waals surface area contributed by atoms with Crippen molar-refractivity contribution >= 4 is 16.9 Å². The van der Waals surface area contributed by atoms with Crippen LogP contribution in [0.4, 0.5) is 0 Å². The first-order valence-electron chi connectivity index (χ1n) is 10.9. The summed E-state index contributed by atoms with van der Waals surface area (Å²) in [5.41, 5.74) is 3.73. The zero-order valence-corrected chi connectivity index (χ0v) is 18.9. The average molecular weight is 444 g/mol. The van der Waals surface area contributed by atoms with E-state index in [2.05, 4.69) is 10.1 Å². The highest BCUT2D eigenvalue weighted by Gasteiger charge is 2.22. The monoisotopic (exact) mass is 443 g/mol. The van der Waals surface area contributed by atoms with Crippen molar-refractivity contribution in [3.8, 4) is 22.8 Å². The van der Waals surface area contributed by atoms with Crippen LogP contribution in [0.2, 0.25) is 0 Å². The number of amides is 1. The average Bonchev–Trinajstić information content (AvgIpc) is 3.28. The molecule has 0 spiro atoms. The van der Waals surface area contributed by atoms with Crippen LogP contribution in [0.15, 0.2) is 55.0 Å². The number of carbonyl (C=O) groups is 1. The first kappa shape index (κ1) is 20.9. The topological polar surface area (TPSA) is 82.4 Å². The molecule has 1 aliphatic heterocycles. The Morgan fingerprint density at radius 2 is 1.94 bits per heavy atom. The van der Waals surface area contributed by atoms with Gasteiger partial charge in [-0.2, -0.15) is 5.10 Å². The summed E-state index contributed by atoms with van der Waals surface area (Å²) in [4.78, 5) is 24.3. The maximum atomic E-state index is 13.6. The van der Waals surface area contributed by atoms with Crippen LogP contribution in [0.3, 0.4) is 0 Å². The lowest BCUT2D eigenvalue weighted by atomic mass is 10.0. The fourth-order valence-electron chi connectivity index (χ4n) is 3.97. The normalized spacial score (nSPS) is 12.8. The molecule has 4 aromatic rings. The van der Waals surface area contributed by atoms with E-state index in [0.717, 1.165) is 16.5 Å². The molecule has 1 aliphatic rings. The van der Waals surface area contributed by atoms with Crippen molar-refractivity contribution in [2.45, 2.75) is 26.4 Å². The highest BCUT2D eigenvalue weighted by Crippen LogP contribution is 2.35. The van der Waals surface area contributed by atoms with E-state index < -0.39 is 0 Å². The lowest BCUT2D eigenvalue weighted by molar-refractivity contribution is 0.0787. The number of hydrogen-bond acceptors (Lipinski definition) is 6. The van der Waals surface area contributed by atoms with Gasteiger partial charge in [-0.05, 0) is 49.7 Å². The van der Waals surface area contributed by atoms with Gasteiger partial charge in [-0.15, -0.1) is 0 Å². The number of carbonyl (C=O) groups excluding carboxylic acids is 1. The SMILES string of the molecule is CC(C)n1ncc2c(C(=O)N(C)Cc3cccnc3)cc(-c3ccc4c(c3)OCCO4)nc21. The molecule has 1 aromatic carbocycles. The zero-order chi connectivity index (χ0) is 22.9. The summed E-state index contributed by atoms with van der Waals surface area (Å²) in [5, 5.41) is 5.24. The van der Waals surface area contributed by atoms with Crippen molar-refractivity contribution in [2.24, 2.45) is 0 Å². The van der Waals surface area contributed by atoms with E-state index in [1.165, 1.54) is 0 Å². The molecule has 8 heteroatoms. The summed E-state index contributed by atoms with van der Waals surface area (Å²) in [6.45, 7) is 5.58. The predicted molar refractivity (Wildman–Crippen MR) is 124 cm³/mol. The Morgan fingerprint density at radius 3 is 2.70 bits per heavy atom. The van der Waals surface area contributed by atoms with Crippen LogP contribution in [-0.4, -0.2) is 50.8 Å². The Bertz CT molecular complexity index is 1320. The number of rotatable bonds is 5. The van der Waals surface area contributed by atoms with Gasteiger partial charge in [-0.1, -0.05) is 6.07 Å². The smallest absolute Gasteiger partial charge is 0.254 e. The quantitative estimate of drug-likeness (QED) is 0.462. The van der Waals surface area contributed by atoms with E-state index in [-0.39, 0.29) is 11.9 Å². The van der Waals surface area contributed by atoms with Crippen molar-refractivity contribution in [3.63, 3.8) is 0 Å². The van der Waals surface area contributed by atoms with Gasteiger partial charge in [-0.3, -0.25) is 9.78 Å². The van der Waals surface area contributed by atoms with Crippen molar-refractivity contribution < 1.29 is 14.3 Å². The number of aromatic nitrogens is 4. The molecule has 8 nitrogen and oxygen atoms in total. The van der Waals surface area contributed by atoms with E-state index >= 15 is 0 Å². The van der Waals surface area contributed by atoms with E-state index in [4.69, 9.17) is 14.5 Å². The summed E-state index contributed by atoms with van der Waals surface area (Å²) in [7, 11) is 1.79. The van der Waals surface area contributed by atoms with Crippen LogP contribution in [0.25, 0.3) is 22.3 Å². The minimum absolute atomic E-state index is 0.0987. The van der Waals surface area contributed by atoms with Gasteiger partial charge in [0.1, 0.15) is 13.2 Å². The molecule has 0 fully saturated rings. The second-order valence-corrected chi connectivity index (χ2v) is 8.36. The van der Waals surface area contributed by atoms with Gasteiger partial charge in [0.05, 0.1) is 22.8 Å². The third kappa shape index (κ3) is 4.00. The van der Waals surface area contributed by atoms with Crippen LogP contribution in [0.5, 0.6) is 11.5 Å². The van der Waals surface area contributed by atoms with Crippen molar-refractivity contribution in [2.75, 3.05) is 20.3 Å². The molecule has 0 atom stereocenters. The maximum Gasteiger partial charge on any atom is 0.254 e. The molecule has 168 valence electrons. The molecule has 0 aliphatic carbocycles. The molecule has 0 bridgehead atoms. The molecular formula is C25H25N5O3. The molecule has 3 aromatic heterocycles. The lowest BCUT2D eigenvalue weighted by Crippen LogP contribution is -2.26. The number of benzene rings is 1. The molecule has 33 heavy (non-hydrogen) atoms. The first-order valence-corrected chi connectivity index (χ1v) is 10.9. The van der Waals surface area contributed by atoms with E-state index in [0.29, 0.717) is 48.2 Å². The third-order valence-corrected chi connectivity index (χ3v) is 5.61. The number of nitrogens with zero attached hydrogens (tertiary/aromatic N) is 5. The first-order chi connectivity index (χ1) is 16.0. The Morgan fingerprint density at radius 1 is 1.12 bits per heavy atom. The fraction of sp³-hybridized carbons (Fsp3) is 0.280. The van der Waals surface area contributed by atoms with Crippen molar-refractivity contribution in [3.05, 3.63) is 66.1 Å². The molecule has 0 unspecified atom stereocenters. The Hall–Kier alpha value is -3.94. The number of ether oxygens (including phenoxy) is 2. The molecule has 5 rings (SSSR count). The second kappa shape index (κ2) is 8.54. The summed E-state index contributed by atoms with van der Waals surface area (Å²) < 4.78 is 13.2. The molecule has 0 radical (unpaired) electrons. The maximum absolute atomic E-state index is 13.6. The van der Waals surface area contributed by atoms with Crippen LogP contribution in [0.1, 0.15) is 35.8 Å². The molecule has 4 heterocycles. The van der Waals surface area contributed by atoms with Gasteiger partial charge >= 0.3 is 0 Å². The van der Waals surface area contributed by atoms with Crippen LogP contribution in [-0.2, 0) is 6.54 Å². The van der Waals surface area contributed by atoms with Crippen molar-refractivity contribution in [1.29, 1.82) is 0 Å². The zero-order valence-electron chi connectivity index (χ0n) is 18.9. The van der Waals surface area contributed by atoms with E-state index in [9.17, 15) is 4.79 Å². The highest BCUT2D eigenvalue weighted by molar-refractivity contribution is 6.06. The standard InChI is InChI=1S/C25H25N5O3/c1-16(2)30-24-20(14-27-30)19(25(31)29(3)15-17-5-4-8-26-13-17)12-21(28-24)18-6-7-22-23(11-18)33-10-9-32-22/h4-8,11-14,16H,9-10,15H2,1-3H3. The molecular weight excluding hydrogens is 418 g/mol. The Kier molecular flexibility index (Phi) is 5.42. The van der Waals surface area contributed by atoms with Gasteiger partial charge in [0.15, 0.2) is 17.1 Å². The third-order valence-electron chi connectivity index (χ3n) is 5.61.